The molecule has 0 bridgehead atoms. The number of hydrogen-bond acceptors (Lipinski definition) is 4. The summed E-state index contributed by atoms with van der Waals surface area (Å²) in [5.74, 6) is 1.77. The molecule has 1 fully saturated rings. The summed E-state index contributed by atoms with van der Waals surface area (Å²) in [7, 11) is 0. The average molecular weight is 430 g/mol. The van der Waals surface area contributed by atoms with Crippen LogP contribution in [0.15, 0.2) is 47.4 Å². The number of rotatable bonds is 6. The van der Waals surface area contributed by atoms with Crippen LogP contribution >= 0.6 is 11.8 Å². The third-order valence-electron chi connectivity index (χ3n) is 5.68. The van der Waals surface area contributed by atoms with Gasteiger partial charge in [-0.15, -0.1) is 11.8 Å². The summed E-state index contributed by atoms with van der Waals surface area (Å²) < 4.78 is 24.7. The lowest BCUT2D eigenvalue weighted by Crippen LogP contribution is -2.41. The molecular weight excluding hydrogens is 401 g/mol. The number of thioether (sulfide) groups is 1. The van der Waals surface area contributed by atoms with E-state index in [1.165, 1.54) is 30.3 Å². The highest BCUT2D eigenvalue weighted by Crippen LogP contribution is 2.34. The second-order valence-corrected chi connectivity index (χ2v) is 8.94. The van der Waals surface area contributed by atoms with Crippen LogP contribution in [0.4, 0.5) is 4.39 Å². The van der Waals surface area contributed by atoms with Gasteiger partial charge in [0, 0.05) is 23.9 Å². The van der Waals surface area contributed by atoms with Crippen LogP contribution in [0.25, 0.3) is 0 Å². The van der Waals surface area contributed by atoms with Crippen molar-refractivity contribution in [2.24, 2.45) is 0 Å². The zero-order valence-corrected chi connectivity index (χ0v) is 18.0. The number of carbonyl (C=O) groups excluding carboxylic acids is 1. The maximum Gasteiger partial charge on any atom is 0.233 e. The molecule has 1 aliphatic heterocycles. The summed E-state index contributed by atoms with van der Waals surface area (Å²) >= 11 is 1.53. The van der Waals surface area contributed by atoms with Crippen LogP contribution in [0.1, 0.15) is 44.1 Å². The summed E-state index contributed by atoms with van der Waals surface area (Å²) in [6.07, 6.45) is 6.51. The summed E-state index contributed by atoms with van der Waals surface area (Å²) in [5.41, 5.74) is 0.968. The van der Waals surface area contributed by atoms with Crippen LogP contribution in [0, 0.1) is 5.82 Å². The largest absolute Gasteiger partial charge is 0.490 e. The van der Waals surface area contributed by atoms with E-state index >= 15 is 0 Å². The van der Waals surface area contributed by atoms with Gasteiger partial charge in [0.25, 0.3) is 0 Å². The molecule has 1 aliphatic carbocycles. The molecule has 30 heavy (non-hydrogen) atoms. The first-order valence-electron chi connectivity index (χ1n) is 10.8. The first-order valence-corrected chi connectivity index (χ1v) is 11.7. The standard InChI is InChI=1S/C24H28FNO3S/c25-19-9-7-18(8-10-19)16-26(20-5-2-1-3-6-20)24(27)17-30-21-11-12-22-23(15-21)29-14-4-13-28-22/h7-12,15,20H,1-6,13-14,16-17H2. The Morgan fingerprint density at radius 3 is 2.47 bits per heavy atom. The topological polar surface area (TPSA) is 38.8 Å². The van der Waals surface area contributed by atoms with Gasteiger partial charge in [-0.25, -0.2) is 4.39 Å². The predicted octanol–water partition coefficient (Wildman–Crippen LogP) is 5.44. The summed E-state index contributed by atoms with van der Waals surface area (Å²) in [4.78, 5) is 16.2. The first-order chi connectivity index (χ1) is 14.7. The molecule has 0 N–H and O–H groups in total. The monoisotopic (exact) mass is 429 g/mol. The van der Waals surface area contributed by atoms with Crippen molar-refractivity contribution in [3.05, 3.63) is 53.8 Å². The molecule has 0 spiro atoms. The lowest BCUT2D eigenvalue weighted by atomic mass is 9.94. The molecular formula is C24H28FNO3S. The third-order valence-corrected chi connectivity index (χ3v) is 6.66. The number of amides is 1. The number of hydrogen-bond donors (Lipinski definition) is 0. The quantitative estimate of drug-likeness (QED) is 0.573. The molecule has 0 atom stereocenters. The number of nitrogens with zero attached hydrogens (tertiary/aromatic N) is 1. The van der Waals surface area contributed by atoms with Gasteiger partial charge in [0.2, 0.25) is 5.91 Å². The molecule has 0 radical (unpaired) electrons. The Bertz CT molecular complexity index is 852. The molecule has 4 nitrogen and oxygen atoms in total. The zero-order valence-electron chi connectivity index (χ0n) is 17.1. The van der Waals surface area contributed by atoms with E-state index in [2.05, 4.69) is 0 Å². The van der Waals surface area contributed by atoms with Crippen LogP contribution in [-0.2, 0) is 11.3 Å². The minimum atomic E-state index is -0.251. The molecule has 1 heterocycles. The number of benzene rings is 2. The SMILES string of the molecule is O=C(CSc1ccc2c(c1)OCCCO2)N(Cc1ccc(F)cc1)C1CCCCC1. The van der Waals surface area contributed by atoms with Crippen molar-refractivity contribution in [1.29, 1.82) is 0 Å². The lowest BCUT2D eigenvalue weighted by molar-refractivity contribution is -0.132. The molecule has 0 unspecified atom stereocenters. The number of ether oxygens (including phenoxy) is 2. The van der Waals surface area contributed by atoms with Gasteiger partial charge in [0.15, 0.2) is 11.5 Å². The van der Waals surface area contributed by atoms with Gasteiger partial charge >= 0.3 is 0 Å². The normalized spacial score (nSPS) is 16.7. The number of fused-ring (bicyclic) bond motifs is 1. The molecule has 160 valence electrons. The predicted molar refractivity (Wildman–Crippen MR) is 117 cm³/mol. The van der Waals surface area contributed by atoms with Crippen molar-refractivity contribution >= 4 is 17.7 Å². The molecule has 2 aromatic rings. The molecule has 6 heteroatoms. The van der Waals surface area contributed by atoms with Gasteiger partial charge < -0.3 is 14.4 Å². The van der Waals surface area contributed by atoms with Gasteiger partial charge in [-0.05, 0) is 48.7 Å². The average Bonchev–Trinajstić information content (AvgIpc) is 3.02. The Labute approximate surface area is 181 Å². The minimum Gasteiger partial charge on any atom is -0.490 e. The van der Waals surface area contributed by atoms with Crippen LogP contribution in [0.2, 0.25) is 0 Å². The lowest BCUT2D eigenvalue weighted by Gasteiger charge is -2.34. The number of carbonyl (C=O) groups is 1. The van der Waals surface area contributed by atoms with Crippen molar-refractivity contribution in [3.8, 4) is 11.5 Å². The fraction of sp³-hybridized carbons (Fsp3) is 0.458. The second kappa shape index (κ2) is 10.2. The van der Waals surface area contributed by atoms with Gasteiger partial charge in [0.1, 0.15) is 5.82 Å². The summed E-state index contributed by atoms with van der Waals surface area (Å²) in [6, 6.07) is 12.6. The minimum absolute atomic E-state index is 0.128. The molecule has 0 aromatic heterocycles. The Morgan fingerprint density at radius 2 is 1.70 bits per heavy atom. The van der Waals surface area contributed by atoms with E-state index in [1.807, 2.05) is 23.1 Å². The summed E-state index contributed by atoms with van der Waals surface area (Å²) in [6.45, 7) is 1.84. The highest BCUT2D eigenvalue weighted by Gasteiger charge is 2.25. The van der Waals surface area contributed by atoms with E-state index in [-0.39, 0.29) is 17.8 Å². The molecule has 2 aromatic carbocycles. The highest BCUT2D eigenvalue weighted by atomic mass is 32.2. The van der Waals surface area contributed by atoms with E-state index in [9.17, 15) is 9.18 Å². The van der Waals surface area contributed by atoms with Crippen LogP contribution in [-0.4, -0.2) is 35.8 Å². The second-order valence-electron chi connectivity index (χ2n) is 7.89. The fourth-order valence-electron chi connectivity index (χ4n) is 4.06. The van der Waals surface area contributed by atoms with Crippen molar-refractivity contribution < 1.29 is 18.7 Å². The van der Waals surface area contributed by atoms with Gasteiger partial charge in [-0.2, -0.15) is 0 Å². The van der Waals surface area contributed by atoms with Crippen molar-refractivity contribution in [3.63, 3.8) is 0 Å². The van der Waals surface area contributed by atoms with Crippen LogP contribution in [0.3, 0.4) is 0 Å². The smallest absolute Gasteiger partial charge is 0.233 e. The number of halogens is 1. The molecule has 2 aliphatic rings. The van der Waals surface area contributed by atoms with E-state index < -0.39 is 0 Å². The van der Waals surface area contributed by atoms with E-state index in [1.54, 1.807) is 12.1 Å². The van der Waals surface area contributed by atoms with E-state index in [0.717, 1.165) is 54.1 Å². The van der Waals surface area contributed by atoms with E-state index in [4.69, 9.17) is 9.47 Å². The highest BCUT2D eigenvalue weighted by molar-refractivity contribution is 8.00. The molecule has 4 rings (SSSR count). The van der Waals surface area contributed by atoms with Gasteiger partial charge in [-0.3, -0.25) is 4.79 Å². The van der Waals surface area contributed by atoms with Crippen molar-refractivity contribution in [1.82, 2.24) is 4.90 Å². The van der Waals surface area contributed by atoms with E-state index in [0.29, 0.717) is 25.5 Å². The molecule has 1 amide bonds. The zero-order chi connectivity index (χ0) is 20.8. The Balaban J connectivity index is 1.43. The Kier molecular flexibility index (Phi) is 7.16. The maximum atomic E-state index is 13.3. The van der Waals surface area contributed by atoms with Crippen molar-refractivity contribution in [2.75, 3.05) is 19.0 Å². The van der Waals surface area contributed by atoms with Crippen molar-refractivity contribution in [2.45, 2.75) is 56.0 Å². The van der Waals surface area contributed by atoms with Crippen LogP contribution < -0.4 is 9.47 Å². The fourth-order valence-corrected chi connectivity index (χ4v) is 4.87. The Morgan fingerprint density at radius 1 is 0.967 bits per heavy atom. The van der Waals surface area contributed by atoms with Gasteiger partial charge in [-0.1, -0.05) is 31.4 Å². The van der Waals surface area contributed by atoms with Gasteiger partial charge in [0.05, 0.1) is 19.0 Å². The third kappa shape index (κ3) is 5.48. The maximum absolute atomic E-state index is 13.3. The first kappa shape index (κ1) is 21.0. The van der Waals surface area contributed by atoms with Crippen LogP contribution in [0.5, 0.6) is 11.5 Å². The molecule has 1 saturated carbocycles. The Hall–Kier alpha value is -2.21. The molecule has 0 saturated heterocycles. The summed E-state index contributed by atoms with van der Waals surface area (Å²) in [5, 5.41) is 0.